The Bertz CT molecular complexity index is 535. The summed E-state index contributed by atoms with van der Waals surface area (Å²) in [7, 11) is 1.32. The molecule has 0 fully saturated rings. The molecule has 0 unspecified atom stereocenters. The van der Waals surface area contributed by atoms with Gasteiger partial charge in [-0.2, -0.15) is 5.10 Å². The molecule has 0 atom stereocenters. The summed E-state index contributed by atoms with van der Waals surface area (Å²) in [5, 5.41) is 7.45. The molecule has 0 aliphatic rings. The van der Waals surface area contributed by atoms with Crippen LogP contribution in [0.3, 0.4) is 0 Å². The van der Waals surface area contributed by atoms with Crippen LogP contribution in [0.1, 0.15) is 10.4 Å². The number of benzene rings is 1. The zero-order chi connectivity index (χ0) is 11.0. The van der Waals surface area contributed by atoms with E-state index in [1.807, 2.05) is 6.07 Å². The van der Waals surface area contributed by atoms with Gasteiger partial charge in [0, 0.05) is 8.96 Å². The smallest absolute Gasteiger partial charge is 0.342 e. The summed E-state index contributed by atoms with van der Waals surface area (Å²) in [4.78, 5) is 11.5. The molecule has 1 heterocycles. The quantitative estimate of drug-likeness (QED) is 0.475. The van der Waals surface area contributed by atoms with Gasteiger partial charge in [0.05, 0.1) is 24.5 Å². The first-order valence-corrected chi connectivity index (χ1v) is 5.22. The van der Waals surface area contributed by atoms with Gasteiger partial charge < -0.3 is 10.5 Å². The number of rotatable bonds is 1. The SMILES string of the molecule is COC(=O)c1c(N)c(I)cc2cn[nH]c12. The summed E-state index contributed by atoms with van der Waals surface area (Å²) in [6, 6.07) is 1.86. The lowest BCUT2D eigenvalue weighted by Gasteiger charge is -2.06. The molecule has 0 saturated heterocycles. The van der Waals surface area contributed by atoms with E-state index in [4.69, 9.17) is 5.73 Å². The van der Waals surface area contributed by atoms with Crippen molar-refractivity contribution in [1.82, 2.24) is 10.2 Å². The van der Waals surface area contributed by atoms with E-state index in [-0.39, 0.29) is 0 Å². The van der Waals surface area contributed by atoms with Crippen molar-refractivity contribution in [3.05, 3.63) is 21.4 Å². The predicted molar refractivity (Wildman–Crippen MR) is 64.6 cm³/mol. The molecule has 0 saturated carbocycles. The lowest BCUT2D eigenvalue weighted by Crippen LogP contribution is -2.08. The van der Waals surface area contributed by atoms with E-state index in [0.29, 0.717) is 16.8 Å². The number of nitrogens with zero attached hydrogens (tertiary/aromatic N) is 1. The number of esters is 1. The number of H-pyrrole nitrogens is 1. The Kier molecular flexibility index (Phi) is 2.51. The van der Waals surface area contributed by atoms with Crippen LogP contribution in [0.25, 0.3) is 10.9 Å². The van der Waals surface area contributed by atoms with Crippen LogP contribution in [0, 0.1) is 3.57 Å². The number of aromatic nitrogens is 2. The highest BCUT2D eigenvalue weighted by Crippen LogP contribution is 2.28. The van der Waals surface area contributed by atoms with Crippen LogP contribution in [0.4, 0.5) is 5.69 Å². The van der Waals surface area contributed by atoms with Crippen molar-refractivity contribution in [1.29, 1.82) is 0 Å². The average molecular weight is 317 g/mol. The van der Waals surface area contributed by atoms with Crippen LogP contribution in [0.5, 0.6) is 0 Å². The maximum Gasteiger partial charge on any atom is 0.342 e. The topological polar surface area (TPSA) is 81.0 Å². The molecule has 78 valence electrons. The number of hydrogen-bond donors (Lipinski definition) is 2. The van der Waals surface area contributed by atoms with Crippen molar-refractivity contribution < 1.29 is 9.53 Å². The Labute approximate surface area is 99.1 Å². The van der Waals surface area contributed by atoms with Gasteiger partial charge in [-0.3, -0.25) is 5.10 Å². The maximum atomic E-state index is 11.5. The molecule has 0 aliphatic heterocycles. The third-order valence-electron chi connectivity index (χ3n) is 2.12. The van der Waals surface area contributed by atoms with Crippen molar-refractivity contribution >= 4 is 45.2 Å². The van der Waals surface area contributed by atoms with Crippen molar-refractivity contribution in [3.8, 4) is 0 Å². The number of nitrogens with two attached hydrogens (primary N) is 1. The maximum absolute atomic E-state index is 11.5. The second-order valence-electron chi connectivity index (χ2n) is 2.97. The first-order chi connectivity index (χ1) is 7.15. The van der Waals surface area contributed by atoms with Crippen molar-refractivity contribution in [2.75, 3.05) is 12.8 Å². The third kappa shape index (κ3) is 1.54. The average Bonchev–Trinajstić information content (AvgIpc) is 2.66. The molecule has 15 heavy (non-hydrogen) atoms. The van der Waals surface area contributed by atoms with E-state index >= 15 is 0 Å². The zero-order valence-electron chi connectivity index (χ0n) is 7.87. The van der Waals surface area contributed by atoms with Gasteiger partial charge in [-0.25, -0.2) is 4.79 Å². The van der Waals surface area contributed by atoms with Gasteiger partial charge in [0.15, 0.2) is 0 Å². The van der Waals surface area contributed by atoms with Gasteiger partial charge in [0.25, 0.3) is 0 Å². The Morgan fingerprint density at radius 1 is 1.67 bits per heavy atom. The normalized spacial score (nSPS) is 10.5. The molecule has 5 nitrogen and oxygen atoms in total. The molecule has 0 spiro atoms. The van der Waals surface area contributed by atoms with E-state index in [1.54, 1.807) is 6.20 Å². The molecule has 0 aliphatic carbocycles. The highest BCUT2D eigenvalue weighted by atomic mass is 127. The van der Waals surface area contributed by atoms with Gasteiger partial charge in [-0.15, -0.1) is 0 Å². The summed E-state index contributed by atoms with van der Waals surface area (Å²) in [5.41, 5.74) is 7.20. The van der Waals surface area contributed by atoms with Gasteiger partial charge in [-0.1, -0.05) is 0 Å². The monoisotopic (exact) mass is 317 g/mol. The molecule has 2 rings (SSSR count). The van der Waals surface area contributed by atoms with E-state index in [2.05, 4.69) is 37.5 Å². The highest BCUT2D eigenvalue weighted by molar-refractivity contribution is 14.1. The lowest BCUT2D eigenvalue weighted by molar-refractivity contribution is 0.0604. The second-order valence-corrected chi connectivity index (χ2v) is 4.14. The Morgan fingerprint density at radius 2 is 2.40 bits per heavy atom. The second kappa shape index (κ2) is 3.69. The minimum atomic E-state index is -0.458. The standard InChI is InChI=1S/C9H8IN3O2/c1-15-9(14)6-7(11)5(10)2-4-3-12-13-8(4)6/h2-3H,11H2,1H3,(H,12,13). The fraction of sp³-hybridized carbons (Fsp3) is 0.111. The molecule has 1 aromatic heterocycles. The molecule has 6 heteroatoms. The van der Waals surface area contributed by atoms with Crippen LogP contribution in [0.15, 0.2) is 12.3 Å². The lowest BCUT2D eigenvalue weighted by atomic mass is 10.1. The van der Waals surface area contributed by atoms with Crippen molar-refractivity contribution in [3.63, 3.8) is 0 Å². The summed E-state index contributed by atoms with van der Waals surface area (Å²) >= 11 is 2.07. The fourth-order valence-electron chi connectivity index (χ4n) is 1.39. The van der Waals surface area contributed by atoms with Crippen LogP contribution in [-0.4, -0.2) is 23.3 Å². The summed E-state index contributed by atoms with van der Waals surface area (Å²) < 4.78 is 5.49. The van der Waals surface area contributed by atoms with E-state index in [0.717, 1.165) is 8.96 Å². The number of anilines is 1. The van der Waals surface area contributed by atoms with E-state index < -0.39 is 5.97 Å². The number of hydrogen-bond acceptors (Lipinski definition) is 4. The number of halogens is 1. The summed E-state index contributed by atoms with van der Waals surface area (Å²) in [6.07, 6.45) is 1.64. The number of carbonyl (C=O) groups is 1. The number of ether oxygens (including phenoxy) is 1. The van der Waals surface area contributed by atoms with Crippen LogP contribution in [0.2, 0.25) is 0 Å². The first kappa shape index (κ1) is 10.2. The minimum absolute atomic E-state index is 0.344. The Hall–Kier alpha value is -1.31. The predicted octanol–water partition coefficient (Wildman–Crippen LogP) is 1.54. The van der Waals surface area contributed by atoms with Crippen molar-refractivity contribution in [2.24, 2.45) is 0 Å². The number of fused-ring (bicyclic) bond motifs is 1. The molecule has 0 amide bonds. The van der Waals surface area contributed by atoms with E-state index in [9.17, 15) is 4.79 Å². The molecular weight excluding hydrogens is 309 g/mol. The minimum Gasteiger partial charge on any atom is -0.465 e. The van der Waals surface area contributed by atoms with Crippen LogP contribution < -0.4 is 5.73 Å². The van der Waals surface area contributed by atoms with Gasteiger partial charge in [-0.05, 0) is 28.7 Å². The largest absolute Gasteiger partial charge is 0.465 e. The molecule has 0 bridgehead atoms. The van der Waals surface area contributed by atoms with Crippen LogP contribution in [-0.2, 0) is 4.74 Å². The van der Waals surface area contributed by atoms with Crippen LogP contribution >= 0.6 is 22.6 Å². The van der Waals surface area contributed by atoms with Gasteiger partial charge >= 0.3 is 5.97 Å². The molecule has 2 aromatic rings. The van der Waals surface area contributed by atoms with E-state index in [1.165, 1.54) is 7.11 Å². The van der Waals surface area contributed by atoms with Gasteiger partial charge in [0.2, 0.25) is 0 Å². The first-order valence-electron chi connectivity index (χ1n) is 4.14. The molecular formula is C9H8IN3O2. The van der Waals surface area contributed by atoms with Gasteiger partial charge in [0.1, 0.15) is 5.56 Å². The molecule has 3 N–H and O–H groups in total. The number of carbonyl (C=O) groups excluding carboxylic acids is 1. The van der Waals surface area contributed by atoms with Crippen molar-refractivity contribution in [2.45, 2.75) is 0 Å². The Morgan fingerprint density at radius 3 is 3.07 bits per heavy atom. The third-order valence-corrected chi connectivity index (χ3v) is 3.01. The Balaban J connectivity index is 2.83. The fourth-order valence-corrected chi connectivity index (χ4v) is 1.99. The number of methoxy groups -OCH3 is 1. The summed E-state index contributed by atoms with van der Waals surface area (Å²) in [5.74, 6) is -0.458. The zero-order valence-corrected chi connectivity index (χ0v) is 10.0. The number of nitrogens with one attached hydrogen (secondary N) is 1. The molecule has 1 aromatic carbocycles. The number of aromatic amines is 1. The number of nitrogen functional groups attached to an aromatic ring is 1. The highest BCUT2D eigenvalue weighted by Gasteiger charge is 2.18. The summed E-state index contributed by atoms with van der Waals surface area (Å²) in [6.45, 7) is 0. The molecule has 0 radical (unpaired) electrons.